The van der Waals surface area contributed by atoms with Crippen LogP contribution in [0.1, 0.15) is 25.1 Å². The number of hydrogen-bond donors (Lipinski definition) is 2. The fourth-order valence-electron chi connectivity index (χ4n) is 2.45. The topological polar surface area (TPSA) is 63.5 Å². The lowest BCUT2D eigenvalue weighted by Gasteiger charge is -2.17. The van der Waals surface area contributed by atoms with Gasteiger partial charge in [0.2, 0.25) is 0 Å². The van der Waals surface area contributed by atoms with E-state index in [4.69, 9.17) is 4.74 Å². The van der Waals surface area contributed by atoms with Crippen molar-refractivity contribution in [2.45, 2.75) is 32.7 Å². The molecule has 2 rings (SSSR count). The molecule has 1 unspecified atom stereocenters. The van der Waals surface area contributed by atoms with Crippen LogP contribution in [0.25, 0.3) is 0 Å². The zero-order valence-corrected chi connectivity index (χ0v) is 18.6. The van der Waals surface area contributed by atoms with Crippen molar-refractivity contribution in [3.8, 4) is 5.75 Å². The molecule has 0 saturated heterocycles. The molecule has 0 aliphatic rings. The molecule has 0 bridgehead atoms. The maximum Gasteiger partial charge on any atom is 0.435 e. The van der Waals surface area contributed by atoms with Crippen molar-refractivity contribution >= 4 is 29.9 Å². The fourth-order valence-corrected chi connectivity index (χ4v) is 2.45. The Morgan fingerprint density at radius 1 is 1.31 bits per heavy atom. The Balaban J connectivity index is 0.00000420. The van der Waals surface area contributed by atoms with Crippen LogP contribution >= 0.6 is 24.0 Å². The summed E-state index contributed by atoms with van der Waals surface area (Å²) < 4.78 is 59.0. The molecule has 2 N–H and O–H groups in total. The highest BCUT2D eigenvalue weighted by atomic mass is 127. The maximum absolute atomic E-state index is 13.2. The number of nitrogens with one attached hydrogen (secondary N) is 2. The predicted octanol–water partition coefficient (Wildman–Crippen LogP) is 3.72. The summed E-state index contributed by atoms with van der Waals surface area (Å²) in [5.74, 6) is 0.333. The van der Waals surface area contributed by atoms with E-state index >= 15 is 0 Å². The van der Waals surface area contributed by atoms with Crippen LogP contribution in [0, 0.1) is 5.82 Å². The highest BCUT2D eigenvalue weighted by Crippen LogP contribution is 2.30. The summed E-state index contributed by atoms with van der Waals surface area (Å²) in [6.45, 7) is 4.29. The monoisotopic (exact) mass is 529 g/mol. The van der Waals surface area contributed by atoms with Gasteiger partial charge in [-0.15, -0.1) is 24.0 Å². The van der Waals surface area contributed by atoms with Crippen LogP contribution in [0.4, 0.5) is 17.6 Å². The second kappa shape index (κ2) is 11.2. The van der Waals surface area contributed by atoms with Gasteiger partial charge in [0.05, 0.1) is 13.1 Å². The first-order valence-corrected chi connectivity index (χ1v) is 8.73. The summed E-state index contributed by atoms with van der Waals surface area (Å²) in [6, 6.07) is 5.78. The Morgan fingerprint density at radius 3 is 2.66 bits per heavy atom. The minimum absolute atomic E-state index is 0. The molecule has 11 heteroatoms. The van der Waals surface area contributed by atoms with Gasteiger partial charge in [-0.2, -0.15) is 18.3 Å². The number of hydrogen-bond acceptors (Lipinski definition) is 3. The summed E-state index contributed by atoms with van der Waals surface area (Å²) in [5.41, 5.74) is -0.964. The summed E-state index contributed by atoms with van der Waals surface area (Å²) in [5, 5.41) is 9.43. The Hall–Kier alpha value is -2.05. The van der Waals surface area contributed by atoms with Crippen molar-refractivity contribution in [1.29, 1.82) is 0 Å². The molecule has 29 heavy (non-hydrogen) atoms. The molecule has 1 aromatic carbocycles. The summed E-state index contributed by atoms with van der Waals surface area (Å²) in [7, 11) is 1.43. The molecule has 1 aromatic heterocycles. The number of ether oxygens (including phenoxy) is 1. The number of guanidine groups is 1. The van der Waals surface area contributed by atoms with E-state index in [1.165, 1.54) is 25.4 Å². The minimum Gasteiger partial charge on any atom is -0.489 e. The number of aryl methyl sites for hydroxylation is 1. The van der Waals surface area contributed by atoms with E-state index in [9.17, 15) is 17.6 Å². The van der Waals surface area contributed by atoms with Gasteiger partial charge >= 0.3 is 6.18 Å². The average molecular weight is 529 g/mol. The molecular formula is C18H24F4IN5O. The Morgan fingerprint density at radius 2 is 2.03 bits per heavy atom. The van der Waals surface area contributed by atoms with Gasteiger partial charge in [-0.05, 0) is 26.0 Å². The second-order valence-electron chi connectivity index (χ2n) is 6.14. The van der Waals surface area contributed by atoms with Gasteiger partial charge in [0.1, 0.15) is 17.7 Å². The third-order valence-corrected chi connectivity index (χ3v) is 3.62. The zero-order chi connectivity index (χ0) is 20.7. The van der Waals surface area contributed by atoms with E-state index in [1.807, 2.05) is 6.92 Å². The van der Waals surface area contributed by atoms with Crippen molar-refractivity contribution in [1.82, 2.24) is 20.4 Å². The molecule has 0 saturated carbocycles. The van der Waals surface area contributed by atoms with Gasteiger partial charge in [-0.1, -0.05) is 6.07 Å². The third kappa shape index (κ3) is 8.07. The first-order valence-electron chi connectivity index (χ1n) is 8.73. The minimum atomic E-state index is -4.54. The first kappa shape index (κ1) is 25.0. The zero-order valence-electron chi connectivity index (χ0n) is 16.3. The second-order valence-corrected chi connectivity index (χ2v) is 6.14. The number of nitrogens with zero attached hydrogens (tertiary/aromatic N) is 3. The number of benzene rings is 1. The predicted molar refractivity (Wildman–Crippen MR) is 113 cm³/mol. The number of halogens is 5. The Bertz CT molecular complexity index is 810. The Kier molecular flexibility index (Phi) is 9.66. The fraction of sp³-hybridized carbons (Fsp3) is 0.444. The van der Waals surface area contributed by atoms with E-state index in [2.05, 4.69) is 20.7 Å². The van der Waals surface area contributed by atoms with Gasteiger partial charge in [0, 0.05) is 31.4 Å². The summed E-state index contributed by atoms with van der Waals surface area (Å²) in [4.78, 5) is 4.19. The SMILES string of the molecule is CCNC(=NCc1cn(C)nc1C(F)(F)F)NCC(C)Oc1cccc(F)c1.I. The molecule has 162 valence electrons. The molecule has 0 spiro atoms. The van der Waals surface area contributed by atoms with Gasteiger partial charge in [0.25, 0.3) is 0 Å². The van der Waals surface area contributed by atoms with E-state index in [1.54, 1.807) is 19.1 Å². The van der Waals surface area contributed by atoms with Crippen molar-refractivity contribution in [3.63, 3.8) is 0 Å². The average Bonchev–Trinajstić information content (AvgIpc) is 2.98. The van der Waals surface area contributed by atoms with E-state index < -0.39 is 17.7 Å². The summed E-state index contributed by atoms with van der Waals surface area (Å²) in [6.07, 6.45) is -3.56. The highest BCUT2D eigenvalue weighted by molar-refractivity contribution is 14.0. The van der Waals surface area contributed by atoms with Crippen LogP contribution in [0.5, 0.6) is 5.75 Å². The molecule has 0 fully saturated rings. The van der Waals surface area contributed by atoms with Crippen LogP contribution in [0.3, 0.4) is 0 Å². The van der Waals surface area contributed by atoms with Crippen LogP contribution in [-0.2, 0) is 19.8 Å². The molecule has 1 atom stereocenters. The van der Waals surface area contributed by atoms with Gasteiger partial charge in [-0.3, -0.25) is 4.68 Å². The number of alkyl halides is 3. The molecule has 0 aliphatic heterocycles. The largest absolute Gasteiger partial charge is 0.489 e. The van der Waals surface area contributed by atoms with Crippen molar-refractivity contribution in [2.75, 3.05) is 13.1 Å². The van der Waals surface area contributed by atoms with Crippen LogP contribution in [-0.4, -0.2) is 34.9 Å². The lowest BCUT2D eigenvalue weighted by Crippen LogP contribution is -2.41. The number of rotatable bonds is 7. The molecule has 6 nitrogen and oxygen atoms in total. The molecule has 0 aliphatic carbocycles. The molecule has 2 aromatic rings. The first-order chi connectivity index (χ1) is 13.2. The maximum atomic E-state index is 13.2. The number of aromatic nitrogens is 2. The van der Waals surface area contributed by atoms with Crippen LogP contribution < -0.4 is 15.4 Å². The van der Waals surface area contributed by atoms with Crippen LogP contribution in [0.2, 0.25) is 0 Å². The lowest BCUT2D eigenvalue weighted by atomic mass is 10.2. The number of aliphatic imine (C=N–C) groups is 1. The van der Waals surface area contributed by atoms with Crippen LogP contribution in [0.15, 0.2) is 35.5 Å². The molecular weight excluding hydrogens is 505 g/mol. The normalized spacial score (nSPS) is 12.9. The van der Waals surface area contributed by atoms with Crippen molar-refractivity contribution in [2.24, 2.45) is 12.0 Å². The van der Waals surface area contributed by atoms with Crippen molar-refractivity contribution in [3.05, 3.63) is 47.5 Å². The van der Waals surface area contributed by atoms with E-state index in [0.717, 1.165) is 4.68 Å². The Labute approximate surface area is 183 Å². The smallest absolute Gasteiger partial charge is 0.435 e. The highest BCUT2D eigenvalue weighted by Gasteiger charge is 2.36. The van der Waals surface area contributed by atoms with E-state index in [0.29, 0.717) is 24.8 Å². The molecule has 1 heterocycles. The molecule has 0 radical (unpaired) electrons. The van der Waals surface area contributed by atoms with Crippen molar-refractivity contribution < 1.29 is 22.3 Å². The molecule has 0 amide bonds. The lowest BCUT2D eigenvalue weighted by molar-refractivity contribution is -0.142. The quantitative estimate of drug-likeness (QED) is 0.249. The van der Waals surface area contributed by atoms with Gasteiger partial charge in [-0.25, -0.2) is 9.38 Å². The van der Waals surface area contributed by atoms with Gasteiger partial charge in [0.15, 0.2) is 11.7 Å². The standard InChI is InChI=1S/C18H23F4N5O.HI/c1-4-23-17(24-9-12(2)28-15-7-5-6-14(19)8-15)25-10-13-11-27(3)26-16(13)18(20,21)22;/h5-8,11-12H,4,9-10H2,1-3H3,(H2,23,24,25);1H. The third-order valence-electron chi connectivity index (χ3n) is 3.62. The summed E-state index contributed by atoms with van der Waals surface area (Å²) >= 11 is 0. The van der Waals surface area contributed by atoms with Gasteiger partial charge < -0.3 is 15.4 Å². The van der Waals surface area contributed by atoms with E-state index in [-0.39, 0.29) is 42.2 Å².